The third-order valence-corrected chi connectivity index (χ3v) is 3.64. The van der Waals surface area contributed by atoms with Crippen LogP contribution in [0.3, 0.4) is 0 Å². The normalized spacial score (nSPS) is 33.0. The number of rotatable bonds is 3. The van der Waals surface area contributed by atoms with Crippen LogP contribution in [-0.4, -0.2) is 22.2 Å². The Bertz CT molecular complexity index is 95.3. The van der Waals surface area contributed by atoms with Gasteiger partial charge in [0.15, 0.2) is 0 Å². The van der Waals surface area contributed by atoms with Gasteiger partial charge in [0.1, 0.15) is 0 Å². The van der Waals surface area contributed by atoms with Crippen LogP contribution in [0.15, 0.2) is 0 Å². The lowest BCUT2D eigenvalue weighted by Crippen LogP contribution is -2.02. The summed E-state index contributed by atoms with van der Waals surface area (Å²) < 4.78 is 0. The van der Waals surface area contributed by atoms with Gasteiger partial charge >= 0.3 is 0 Å². The van der Waals surface area contributed by atoms with Gasteiger partial charge in [0.25, 0.3) is 0 Å². The third-order valence-electron chi connectivity index (χ3n) is 2.01. The fourth-order valence-corrected chi connectivity index (χ4v) is 3.00. The van der Waals surface area contributed by atoms with E-state index in [9.17, 15) is 0 Å². The predicted molar refractivity (Wildman–Crippen MR) is 46.4 cm³/mol. The molecule has 1 rings (SSSR count). The van der Waals surface area contributed by atoms with E-state index in [0.717, 1.165) is 5.25 Å². The molecular weight excluding hydrogens is 144 g/mol. The van der Waals surface area contributed by atoms with Crippen molar-refractivity contribution in [3.8, 4) is 0 Å². The Kier molecular flexibility index (Phi) is 3.57. The van der Waals surface area contributed by atoms with E-state index in [1.165, 1.54) is 25.7 Å². The Labute approximate surface area is 67.2 Å². The zero-order valence-electron chi connectivity index (χ0n) is 6.55. The molecule has 0 radical (unpaired) electrons. The fraction of sp³-hybridized carbons (Fsp3) is 1.00. The number of hydrogen-bond acceptors (Lipinski definition) is 2. The fourth-order valence-electron chi connectivity index (χ4n) is 1.45. The molecule has 0 aromatic rings. The minimum Gasteiger partial charge on any atom is -0.395 e. The van der Waals surface area contributed by atoms with Crippen molar-refractivity contribution in [2.24, 2.45) is 0 Å². The van der Waals surface area contributed by atoms with E-state index in [1.54, 1.807) is 0 Å². The molecule has 2 unspecified atom stereocenters. The molecule has 1 N–H and O–H groups in total. The number of aliphatic hydroxyl groups is 1. The van der Waals surface area contributed by atoms with E-state index < -0.39 is 0 Å². The van der Waals surface area contributed by atoms with Crippen molar-refractivity contribution < 1.29 is 5.11 Å². The van der Waals surface area contributed by atoms with Gasteiger partial charge in [0.2, 0.25) is 0 Å². The Hall–Kier alpha value is 0.310. The van der Waals surface area contributed by atoms with Crippen LogP contribution in [0.2, 0.25) is 0 Å². The summed E-state index contributed by atoms with van der Waals surface area (Å²) in [6.45, 7) is 2.61. The molecule has 0 aromatic carbocycles. The van der Waals surface area contributed by atoms with Crippen LogP contribution in [0, 0.1) is 0 Å². The largest absolute Gasteiger partial charge is 0.395 e. The zero-order valence-corrected chi connectivity index (χ0v) is 7.36. The highest BCUT2D eigenvalue weighted by atomic mass is 32.2. The SMILES string of the molecule is CCCC1CCC(CO)S1. The Morgan fingerprint density at radius 1 is 1.40 bits per heavy atom. The van der Waals surface area contributed by atoms with Crippen LogP contribution < -0.4 is 0 Å². The summed E-state index contributed by atoms with van der Waals surface area (Å²) in [5.41, 5.74) is 0. The second-order valence-electron chi connectivity index (χ2n) is 2.93. The molecule has 0 aliphatic carbocycles. The summed E-state index contributed by atoms with van der Waals surface area (Å²) in [5.74, 6) is 0. The van der Waals surface area contributed by atoms with Crippen LogP contribution in [0.5, 0.6) is 0 Å². The molecule has 0 aromatic heterocycles. The molecule has 1 aliphatic heterocycles. The van der Waals surface area contributed by atoms with Gasteiger partial charge in [-0.05, 0) is 19.3 Å². The van der Waals surface area contributed by atoms with E-state index in [4.69, 9.17) is 5.11 Å². The number of hydrogen-bond donors (Lipinski definition) is 1. The van der Waals surface area contributed by atoms with Gasteiger partial charge in [0.05, 0.1) is 6.61 Å². The number of aliphatic hydroxyl groups excluding tert-OH is 1. The van der Waals surface area contributed by atoms with Crippen molar-refractivity contribution >= 4 is 11.8 Å². The van der Waals surface area contributed by atoms with Crippen molar-refractivity contribution in [2.45, 2.75) is 43.1 Å². The van der Waals surface area contributed by atoms with Gasteiger partial charge < -0.3 is 5.11 Å². The zero-order chi connectivity index (χ0) is 7.40. The summed E-state index contributed by atoms with van der Waals surface area (Å²) in [6, 6.07) is 0. The Morgan fingerprint density at radius 3 is 2.60 bits per heavy atom. The molecule has 1 aliphatic rings. The van der Waals surface area contributed by atoms with Gasteiger partial charge in [-0.2, -0.15) is 11.8 Å². The predicted octanol–water partition coefficient (Wildman–Crippen LogP) is 2.04. The van der Waals surface area contributed by atoms with Crippen molar-refractivity contribution in [1.29, 1.82) is 0 Å². The van der Waals surface area contributed by atoms with Crippen LogP contribution in [0.25, 0.3) is 0 Å². The molecule has 2 heteroatoms. The number of thioether (sulfide) groups is 1. The van der Waals surface area contributed by atoms with Crippen LogP contribution in [0.1, 0.15) is 32.6 Å². The minimum absolute atomic E-state index is 0.380. The molecule has 0 amide bonds. The van der Waals surface area contributed by atoms with Crippen molar-refractivity contribution in [2.75, 3.05) is 6.61 Å². The van der Waals surface area contributed by atoms with Crippen LogP contribution in [0.4, 0.5) is 0 Å². The van der Waals surface area contributed by atoms with E-state index in [-0.39, 0.29) is 0 Å². The summed E-state index contributed by atoms with van der Waals surface area (Å²) in [6.07, 6.45) is 5.17. The molecule has 1 nitrogen and oxygen atoms in total. The summed E-state index contributed by atoms with van der Waals surface area (Å²) in [4.78, 5) is 0. The average molecular weight is 160 g/mol. The van der Waals surface area contributed by atoms with Gasteiger partial charge in [-0.15, -0.1) is 0 Å². The van der Waals surface area contributed by atoms with E-state index in [1.807, 2.05) is 11.8 Å². The first-order valence-electron chi connectivity index (χ1n) is 4.13. The molecule has 2 atom stereocenters. The van der Waals surface area contributed by atoms with E-state index in [2.05, 4.69) is 6.92 Å². The van der Waals surface area contributed by atoms with E-state index >= 15 is 0 Å². The monoisotopic (exact) mass is 160 g/mol. The van der Waals surface area contributed by atoms with Gasteiger partial charge in [-0.25, -0.2) is 0 Å². The molecule has 10 heavy (non-hydrogen) atoms. The molecule has 1 saturated heterocycles. The molecule has 0 spiro atoms. The van der Waals surface area contributed by atoms with E-state index in [0.29, 0.717) is 11.9 Å². The second-order valence-corrected chi connectivity index (χ2v) is 4.53. The molecule has 0 saturated carbocycles. The molecule has 1 heterocycles. The van der Waals surface area contributed by atoms with Gasteiger partial charge in [0, 0.05) is 10.5 Å². The topological polar surface area (TPSA) is 20.2 Å². The van der Waals surface area contributed by atoms with Crippen LogP contribution in [-0.2, 0) is 0 Å². The van der Waals surface area contributed by atoms with Gasteiger partial charge in [-0.1, -0.05) is 13.3 Å². The maximum atomic E-state index is 8.83. The molecule has 1 fully saturated rings. The quantitative estimate of drug-likeness (QED) is 0.682. The van der Waals surface area contributed by atoms with Gasteiger partial charge in [-0.3, -0.25) is 0 Å². The van der Waals surface area contributed by atoms with Crippen LogP contribution >= 0.6 is 11.8 Å². The Balaban J connectivity index is 2.15. The lowest BCUT2D eigenvalue weighted by molar-refractivity contribution is 0.292. The highest BCUT2D eigenvalue weighted by Gasteiger charge is 2.23. The average Bonchev–Trinajstić information content (AvgIpc) is 2.37. The maximum absolute atomic E-state index is 8.83. The first kappa shape index (κ1) is 8.41. The standard InChI is InChI=1S/C8H16OS/c1-2-3-7-4-5-8(6-9)10-7/h7-9H,2-6H2,1H3. The highest BCUT2D eigenvalue weighted by molar-refractivity contribution is 8.00. The lowest BCUT2D eigenvalue weighted by Gasteiger charge is -2.06. The first-order chi connectivity index (χ1) is 4.86. The van der Waals surface area contributed by atoms with Crippen molar-refractivity contribution in [3.63, 3.8) is 0 Å². The lowest BCUT2D eigenvalue weighted by atomic mass is 10.1. The molecule has 0 bridgehead atoms. The molecule has 60 valence electrons. The minimum atomic E-state index is 0.380. The maximum Gasteiger partial charge on any atom is 0.0550 e. The second kappa shape index (κ2) is 4.24. The summed E-state index contributed by atoms with van der Waals surface area (Å²) in [5, 5.41) is 10.2. The van der Waals surface area contributed by atoms with Crippen molar-refractivity contribution in [1.82, 2.24) is 0 Å². The first-order valence-corrected chi connectivity index (χ1v) is 5.07. The Morgan fingerprint density at radius 2 is 2.10 bits per heavy atom. The summed E-state index contributed by atoms with van der Waals surface area (Å²) >= 11 is 1.99. The van der Waals surface area contributed by atoms with Crippen molar-refractivity contribution in [3.05, 3.63) is 0 Å². The highest BCUT2D eigenvalue weighted by Crippen LogP contribution is 2.35. The summed E-state index contributed by atoms with van der Waals surface area (Å²) in [7, 11) is 0. The molecular formula is C8H16OS. The third kappa shape index (κ3) is 2.17. The smallest absolute Gasteiger partial charge is 0.0550 e.